The van der Waals surface area contributed by atoms with Gasteiger partial charge in [0.2, 0.25) is 0 Å². The molecular formula is C15H14BrClO2. The van der Waals surface area contributed by atoms with Gasteiger partial charge in [0.05, 0.1) is 13.2 Å². The van der Waals surface area contributed by atoms with Gasteiger partial charge in [-0.1, -0.05) is 39.7 Å². The third-order valence-electron chi connectivity index (χ3n) is 2.91. The van der Waals surface area contributed by atoms with Crippen molar-refractivity contribution in [3.63, 3.8) is 0 Å². The number of benzene rings is 2. The van der Waals surface area contributed by atoms with Crippen LogP contribution >= 0.6 is 27.5 Å². The Morgan fingerprint density at radius 3 is 2.53 bits per heavy atom. The highest BCUT2D eigenvalue weighted by atomic mass is 79.9. The molecule has 1 atom stereocenters. The Balaban J connectivity index is 2.20. The number of hydrogen-bond acceptors (Lipinski definition) is 2. The van der Waals surface area contributed by atoms with Gasteiger partial charge in [0.1, 0.15) is 5.75 Å². The van der Waals surface area contributed by atoms with E-state index >= 15 is 0 Å². The summed E-state index contributed by atoms with van der Waals surface area (Å²) in [7, 11) is 1.63. The standard InChI is InChI=1S/C15H14BrClO2/c1-19-15-7-4-12(16)8-11(15)9-14(18)10-2-5-13(17)6-3-10/h2-8,14,18H,9H2,1H3. The Morgan fingerprint density at radius 2 is 1.89 bits per heavy atom. The molecule has 0 aliphatic rings. The molecule has 2 nitrogen and oxygen atoms in total. The molecule has 1 unspecified atom stereocenters. The van der Waals surface area contributed by atoms with E-state index < -0.39 is 6.10 Å². The summed E-state index contributed by atoms with van der Waals surface area (Å²) in [6.07, 6.45) is -0.0926. The zero-order chi connectivity index (χ0) is 13.8. The lowest BCUT2D eigenvalue weighted by molar-refractivity contribution is 0.177. The summed E-state index contributed by atoms with van der Waals surface area (Å²) in [5.41, 5.74) is 1.80. The molecule has 0 saturated carbocycles. The molecule has 0 aliphatic heterocycles. The molecule has 2 aromatic carbocycles. The number of rotatable bonds is 4. The molecule has 2 rings (SSSR count). The highest BCUT2D eigenvalue weighted by Crippen LogP contribution is 2.28. The molecule has 4 heteroatoms. The van der Waals surface area contributed by atoms with E-state index in [1.54, 1.807) is 19.2 Å². The average molecular weight is 342 g/mol. The second kappa shape index (κ2) is 6.42. The van der Waals surface area contributed by atoms with Gasteiger partial charge in [-0.15, -0.1) is 0 Å². The molecule has 0 spiro atoms. The number of aliphatic hydroxyl groups excluding tert-OH is 1. The second-order valence-electron chi connectivity index (χ2n) is 4.23. The third kappa shape index (κ3) is 3.72. The molecule has 1 N–H and O–H groups in total. The van der Waals surface area contributed by atoms with Crippen molar-refractivity contribution >= 4 is 27.5 Å². The molecule has 0 aromatic heterocycles. The summed E-state index contributed by atoms with van der Waals surface area (Å²) in [4.78, 5) is 0. The third-order valence-corrected chi connectivity index (χ3v) is 3.66. The quantitative estimate of drug-likeness (QED) is 0.894. The largest absolute Gasteiger partial charge is 0.496 e. The number of aliphatic hydroxyl groups is 1. The molecular weight excluding hydrogens is 328 g/mol. The summed E-state index contributed by atoms with van der Waals surface area (Å²) >= 11 is 9.26. The normalized spacial score (nSPS) is 12.2. The molecule has 0 saturated heterocycles. The van der Waals surface area contributed by atoms with Crippen molar-refractivity contribution in [3.8, 4) is 5.75 Å². The van der Waals surface area contributed by atoms with Gasteiger partial charge in [0, 0.05) is 15.9 Å². The predicted molar refractivity (Wildman–Crippen MR) is 80.8 cm³/mol. The molecule has 2 aromatic rings. The number of methoxy groups -OCH3 is 1. The van der Waals surface area contributed by atoms with Crippen LogP contribution in [0.5, 0.6) is 5.75 Å². The molecule has 0 fully saturated rings. The molecule has 0 heterocycles. The van der Waals surface area contributed by atoms with Crippen LogP contribution in [-0.2, 0) is 6.42 Å². The minimum Gasteiger partial charge on any atom is -0.496 e. The Hall–Kier alpha value is -1.03. The zero-order valence-corrected chi connectivity index (χ0v) is 12.8. The minimum atomic E-state index is -0.583. The molecule has 0 amide bonds. The fourth-order valence-electron chi connectivity index (χ4n) is 1.92. The summed E-state index contributed by atoms with van der Waals surface area (Å²) in [6, 6.07) is 13.0. The first-order valence-electron chi connectivity index (χ1n) is 5.86. The molecule has 0 bridgehead atoms. The van der Waals surface area contributed by atoms with Crippen molar-refractivity contribution < 1.29 is 9.84 Å². The SMILES string of the molecule is COc1ccc(Br)cc1CC(O)c1ccc(Cl)cc1. The summed E-state index contributed by atoms with van der Waals surface area (Å²) in [5, 5.41) is 10.9. The van der Waals surface area contributed by atoms with E-state index in [9.17, 15) is 5.11 Å². The molecule has 100 valence electrons. The minimum absolute atomic E-state index is 0.490. The lowest BCUT2D eigenvalue weighted by Crippen LogP contribution is -2.03. The molecule has 0 radical (unpaired) electrons. The van der Waals surface area contributed by atoms with E-state index in [4.69, 9.17) is 16.3 Å². The van der Waals surface area contributed by atoms with Crippen molar-refractivity contribution in [3.05, 3.63) is 63.1 Å². The van der Waals surface area contributed by atoms with Gasteiger partial charge in [0.15, 0.2) is 0 Å². The molecule has 19 heavy (non-hydrogen) atoms. The zero-order valence-electron chi connectivity index (χ0n) is 10.4. The van der Waals surface area contributed by atoms with Crippen molar-refractivity contribution in [2.75, 3.05) is 7.11 Å². The van der Waals surface area contributed by atoms with E-state index in [1.807, 2.05) is 30.3 Å². The van der Waals surface area contributed by atoms with E-state index in [0.717, 1.165) is 21.3 Å². The fraction of sp³-hybridized carbons (Fsp3) is 0.200. The van der Waals surface area contributed by atoms with Crippen LogP contribution in [0.2, 0.25) is 5.02 Å². The Morgan fingerprint density at radius 1 is 1.21 bits per heavy atom. The Labute approximate surface area is 126 Å². The van der Waals surface area contributed by atoms with Crippen LogP contribution in [0.1, 0.15) is 17.2 Å². The van der Waals surface area contributed by atoms with Crippen molar-refractivity contribution in [2.24, 2.45) is 0 Å². The van der Waals surface area contributed by atoms with E-state index in [1.165, 1.54) is 0 Å². The highest BCUT2D eigenvalue weighted by Gasteiger charge is 2.12. The molecule has 0 aliphatic carbocycles. The van der Waals surface area contributed by atoms with Crippen molar-refractivity contribution in [1.82, 2.24) is 0 Å². The van der Waals surface area contributed by atoms with Crippen LogP contribution in [0, 0.1) is 0 Å². The average Bonchev–Trinajstić information content (AvgIpc) is 2.39. The van der Waals surface area contributed by atoms with Gasteiger partial charge in [-0.2, -0.15) is 0 Å². The van der Waals surface area contributed by atoms with Crippen LogP contribution in [0.4, 0.5) is 0 Å². The number of hydrogen-bond donors (Lipinski definition) is 1. The van der Waals surface area contributed by atoms with Crippen LogP contribution in [0.15, 0.2) is 46.9 Å². The monoisotopic (exact) mass is 340 g/mol. The maximum Gasteiger partial charge on any atom is 0.122 e. The van der Waals surface area contributed by atoms with Gasteiger partial charge in [-0.25, -0.2) is 0 Å². The van der Waals surface area contributed by atoms with Gasteiger partial charge >= 0.3 is 0 Å². The van der Waals surface area contributed by atoms with Crippen LogP contribution in [0.25, 0.3) is 0 Å². The second-order valence-corrected chi connectivity index (χ2v) is 5.58. The van der Waals surface area contributed by atoms with Gasteiger partial charge in [-0.05, 0) is 41.5 Å². The summed E-state index contributed by atoms with van der Waals surface area (Å²) in [6.45, 7) is 0. The van der Waals surface area contributed by atoms with E-state index in [2.05, 4.69) is 15.9 Å². The van der Waals surface area contributed by atoms with Crippen LogP contribution in [-0.4, -0.2) is 12.2 Å². The maximum atomic E-state index is 10.3. The van der Waals surface area contributed by atoms with Gasteiger partial charge in [0.25, 0.3) is 0 Å². The first-order chi connectivity index (χ1) is 9.10. The smallest absolute Gasteiger partial charge is 0.122 e. The van der Waals surface area contributed by atoms with E-state index in [-0.39, 0.29) is 0 Å². The van der Waals surface area contributed by atoms with Gasteiger partial charge < -0.3 is 9.84 Å². The van der Waals surface area contributed by atoms with E-state index in [0.29, 0.717) is 11.4 Å². The predicted octanol–water partition coefficient (Wildman–Crippen LogP) is 4.39. The summed E-state index contributed by atoms with van der Waals surface area (Å²) < 4.78 is 6.27. The summed E-state index contributed by atoms with van der Waals surface area (Å²) in [5.74, 6) is 0.774. The van der Waals surface area contributed by atoms with Gasteiger partial charge in [-0.3, -0.25) is 0 Å². The maximum absolute atomic E-state index is 10.3. The first-order valence-corrected chi connectivity index (χ1v) is 7.03. The number of halogens is 2. The lowest BCUT2D eigenvalue weighted by Gasteiger charge is -2.14. The van der Waals surface area contributed by atoms with Crippen LogP contribution < -0.4 is 4.74 Å². The van der Waals surface area contributed by atoms with Crippen molar-refractivity contribution in [2.45, 2.75) is 12.5 Å². The highest BCUT2D eigenvalue weighted by molar-refractivity contribution is 9.10. The lowest BCUT2D eigenvalue weighted by atomic mass is 10.0. The fourth-order valence-corrected chi connectivity index (χ4v) is 2.45. The Kier molecular flexibility index (Phi) is 4.86. The topological polar surface area (TPSA) is 29.5 Å². The first kappa shape index (κ1) is 14.4. The van der Waals surface area contributed by atoms with Crippen molar-refractivity contribution in [1.29, 1.82) is 0 Å². The van der Waals surface area contributed by atoms with Crippen LogP contribution in [0.3, 0.4) is 0 Å². The number of ether oxygens (including phenoxy) is 1. The Bertz CT molecular complexity index is 555.